The molecule has 0 atom stereocenters. The number of nitrogens with zero attached hydrogens (tertiary/aromatic N) is 3. The summed E-state index contributed by atoms with van der Waals surface area (Å²) in [4.78, 5) is 23.0. The van der Waals surface area contributed by atoms with Gasteiger partial charge in [-0.15, -0.1) is 0 Å². The molecule has 3 rings (SSSR count). The summed E-state index contributed by atoms with van der Waals surface area (Å²) in [5.74, 6) is -0.402. The summed E-state index contributed by atoms with van der Waals surface area (Å²) < 4.78 is 1.73. The van der Waals surface area contributed by atoms with Crippen molar-refractivity contribution in [2.45, 2.75) is 20.4 Å². The molecule has 0 saturated carbocycles. The van der Waals surface area contributed by atoms with Gasteiger partial charge in [-0.25, -0.2) is 0 Å². The van der Waals surface area contributed by atoms with Crippen LogP contribution in [0.1, 0.15) is 27.0 Å². The fourth-order valence-corrected chi connectivity index (χ4v) is 2.78. The van der Waals surface area contributed by atoms with Crippen molar-refractivity contribution < 1.29 is 9.72 Å². The number of nitro benzene ring substituents is 1. The van der Waals surface area contributed by atoms with E-state index in [4.69, 9.17) is 0 Å². The van der Waals surface area contributed by atoms with Crippen molar-refractivity contribution in [1.29, 1.82) is 0 Å². The number of amides is 1. The maximum absolute atomic E-state index is 12.5. The van der Waals surface area contributed by atoms with E-state index < -0.39 is 10.8 Å². The van der Waals surface area contributed by atoms with Gasteiger partial charge in [0.05, 0.1) is 23.4 Å². The van der Waals surface area contributed by atoms with Gasteiger partial charge in [-0.2, -0.15) is 5.10 Å². The highest BCUT2D eigenvalue weighted by molar-refractivity contribution is 6.05. The van der Waals surface area contributed by atoms with Gasteiger partial charge < -0.3 is 5.32 Å². The zero-order valence-electron chi connectivity index (χ0n) is 14.5. The Kier molecular flexibility index (Phi) is 4.79. The molecule has 0 unspecified atom stereocenters. The molecule has 7 nitrogen and oxygen atoms in total. The van der Waals surface area contributed by atoms with Gasteiger partial charge in [0.1, 0.15) is 0 Å². The van der Waals surface area contributed by atoms with E-state index in [2.05, 4.69) is 16.5 Å². The van der Waals surface area contributed by atoms with Crippen molar-refractivity contribution in [1.82, 2.24) is 9.78 Å². The minimum atomic E-state index is -0.494. The molecule has 0 aliphatic carbocycles. The van der Waals surface area contributed by atoms with Gasteiger partial charge in [0.25, 0.3) is 11.6 Å². The molecule has 1 N–H and O–H groups in total. The maximum atomic E-state index is 12.5. The van der Waals surface area contributed by atoms with Crippen LogP contribution in [0.25, 0.3) is 0 Å². The zero-order valence-corrected chi connectivity index (χ0v) is 14.5. The molecule has 0 spiro atoms. The summed E-state index contributed by atoms with van der Waals surface area (Å²) in [6, 6.07) is 12.6. The number of rotatable bonds is 5. The van der Waals surface area contributed by atoms with Crippen molar-refractivity contribution in [3.05, 3.63) is 87.2 Å². The van der Waals surface area contributed by atoms with Gasteiger partial charge in [0, 0.05) is 23.4 Å². The molecule has 0 radical (unpaired) electrons. The van der Waals surface area contributed by atoms with Crippen molar-refractivity contribution in [3.63, 3.8) is 0 Å². The Morgan fingerprint density at radius 3 is 2.73 bits per heavy atom. The van der Waals surface area contributed by atoms with Crippen LogP contribution in [0, 0.1) is 24.0 Å². The Hall–Kier alpha value is -3.48. The highest BCUT2D eigenvalue weighted by atomic mass is 16.6. The summed E-state index contributed by atoms with van der Waals surface area (Å²) in [6.07, 6.45) is 3.29. The third kappa shape index (κ3) is 3.77. The van der Waals surface area contributed by atoms with Crippen LogP contribution in [0.5, 0.6) is 0 Å². The molecular weight excluding hydrogens is 332 g/mol. The fourth-order valence-electron chi connectivity index (χ4n) is 2.78. The summed E-state index contributed by atoms with van der Waals surface area (Å²) in [6.45, 7) is 4.18. The predicted octanol–water partition coefficient (Wildman–Crippen LogP) is 3.71. The topological polar surface area (TPSA) is 90.1 Å². The summed E-state index contributed by atoms with van der Waals surface area (Å²) in [5.41, 5.74) is 3.35. The first-order valence-electron chi connectivity index (χ1n) is 8.07. The van der Waals surface area contributed by atoms with E-state index in [9.17, 15) is 14.9 Å². The normalized spacial score (nSPS) is 10.5. The average molecular weight is 350 g/mol. The van der Waals surface area contributed by atoms with Gasteiger partial charge in [-0.05, 0) is 25.5 Å². The number of hydrogen-bond acceptors (Lipinski definition) is 4. The second-order valence-corrected chi connectivity index (χ2v) is 6.08. The molecular formula is C19H18N4O3. The van der Waals surface area contributed by atoms with E-state index in [1.807, 2.05) is 25.1 Å². The number of aryl methyl sites for hydroxylation is 1. The molecule has 7 heteroatoms. The lowest BCUT2D eigenvalue weighted by Crippen LogP contribution is -2.13. The molecule has 1 aromatic heterocycles. The second kappa shape index (κ2) is 7.18. The molecule has 0 bridgehead atoms. The minimum Gasteiger partial charge on any atom is -0.319 e. The molecule has 0 aliphatic rings. The minimum absolute atomic E-state index is 0.0761. The maximum Gasteiger partial charge on any atom is 0.273 e. The Bertz CT molecular complexity index is 978. The van der Waals surface area contributed by atoms with Crippen LogP contribution in [-0.2, 0) is 6.54 Å². The SMILES string of the molecule is Cc1cccc(Cn2cc(NC(=O)c3cccc([N+](=O)[O-])c3C)cn2)c1. The van der Waals surface area contributed by atoms with Crippen LogP contribution in [0.4, 0.5) is 11.4 Å². The first-order chi connectivity index (χ1) is 12.4. The molecule has 1 amide bonds. The van der Waals surface area contributed by atoms with E-state index in [1.165, 1.54) is 17.7 Å². The number of nitro groups is 1. The average Bonchev–Trinajstić information content (AvgIpc) is 3.01. The van der Waals surface area contributed by atoms with E-state index in [1.54, 1.807) is 30.1 Å². The number of hydrogen-bond donors (Lipinski definition) is 1. The third-order valence-electron chi connectivity index (χ3n) is 4.06. The van der Waals surface area contributed by atoms with E-state index in [0.717, 1.165) is 5.56 Å². The van der Waals surface area contributed by atoms with Crippen LogP contribution in [-0.4, -0.2) is 20.6 Å². The number of carbonyl (C=O) groups excluding carboxylic acids is 1. The number of carbonyl (C=O) groups is 1. The van der Waals surface area contributed by atoms with Crippen LogP contribution in [0.15, 0.2) is 54.9 Å². The van der Waals surface area contributed by atoms with Crippen molar-refractivity contribution >= 4 is 17.3 Å². The molecule has 3 aromatic rings. The van der Waals surface area contributed by atoms with Crippen LogP contribution < -0.4 is 5.32 Å². The van der Waals surface area contributed by atoms with Gasteiger partial charge in [-0.1, -0.05) is 35.9 Å². The first kappa shape index (κ1) is 17.3. The van der Waals surface area contributed by atoms with Crippen molar-refractivity contribution in [2.75, 3.05) is 5.32 Å². The molecule has 0 fully saturated rings. The zero-order chi connectivity index (χ0) is 18.7. The van der Waals surface area contributed by atoms with Gasteiger partial charge in [0.2, 0.25) is 0 Å². The lowest BCUT2D eigenvalue weighted by molar-refractivity contribution is -0.385. The van der Waals surface area contributed by atoms with Gasteiger partial charge in [0.15, 0.2) is 0 Å². The number of aromatic nitrogens is 2. The highest BCUT2D eigenvalue weighted by Gasteiger charge is 2.18. The van der Waals surface area contributed by atoms with Gasteiger partial charge >= 0.3 is 0 Å². The van der Waals surface area contributed by atoms with E-state index in [0.29, 0.717) is 17.8 Å². The lowest BCUT2D eigenvalue weighted by Gasteiger charge is -2.06. The van der Waals surface area contributed by atoms with Crippen LogP contribution in [0.2, 0.25) is 0 Å². The molecule has 0 saturated heterocycles. The van der Waals surface area contributed by atoms with Crippen LogP contribution in [0.3, 0.4) is 0 Å². The fraction of sp³-hybridized carbons (Fsp3) is 0.158. The van der Waals surface area contributed by atoms with Crippen LogP contribution >= 0.6 is 0 Å². The number of benzene rings is 2. The summed E-state index contributed by atoms with van der Waals surface area (Å²) >= 11 is 0. The van der Waals surface area contributed by atoms with E-state index >= 15 is 0 Å². The van der Waals surface area contributed by atoms with Crippen molar-refractivity contribution in [2.24, 2.45) is 0 Å². The largest absolute Gasteiger partial charge is 0.319 e. The Labute approximate surface area is 150 Å². The molecule has 2 aromatic carbocycles. The quantitative estimate of drug-likeness (QED) is 0.561. The Morgan fingerprint density at radius 2 is 2.00 bits per heavy atom. The Balaban J connectivity index is 1.74. The summed E-state index contributed by atoms with van der Waals surface area (Å²) in [5, 5.41) is 18.0. The molecule has 1 heterocycles. The first-order valence-corrected chi connectivity index (χ1v) is 8.07. The monoisotopic (exact) mass is 350 g/mol. The standard InChI is InChI=1S/C19H18N4O3/c1-13-5-3-6-15(9-13)11-22-12-16(10-20-22)21-19(24)17-7-4-8-18(14(17)2)23(25)26/h3-10,12H,11H2,1-2H3,(H,21,24). The molecule has 26 heavy (non-hydrogen) atoms. The Morgan fingerprint density at radius 1 is 1.23 bits per heavy atom. The van der Waals surface area contributed by atoms with E-state index in [-0.39, 0.29) is 11.3 Å². The number of nitrogens with one attached hydrogen (secondary N) is 1. The second-order valence-electron chi connectivity index (χ2n) is 6.08. The molecule has 132 valence electrons. The third-order valence-corrected chi connectivity index (χ3v) is 4.06. The summed E-state index contributed by atoms with van der Waals surface area (Å²) in [7, 11) is 0. The smallest absolute Gasteiger partial charge is 0.273 e. The number of anilines is 1. The molecule has 0 aliphatic heterocycles. The predicted molar refractivity (Wildman–Crippen MR) is 98.3 cm³/mol. The highest BCUT2D eigenvalue weighted by Crippen LogP contribution is 2.22. The lowest BCUT2D eigenvalue weighted by atomic mass is 10.1. The van der Waals surface area contributed by atoms with Crippen molar-refractivity contribution in [3.8, 4) is 0 Å². The van der Waals surface area contributed by atoms with Gasteiger partial charge in [-0.3, -0.25) is 19.6 Å².